The molecule has 1 fully saturated rings. The molecule has 1 aliphatic rings. The van der Waals surface area contributed by atoms with Crippen molar-refractivity contribution in [2.75, 3.05) is 26.7 Å². The topological polar surface area (TPSA) is 101 Å². The molecule has 1 aromatic carbocycles. The molecule has 188 valence electrons. The first-order chi connectivity index (χ1) is 17.5. The SMILES string of the molecule is CCC(c1ccc(-c2nnc(C3CCN(C(=O)CNC)CC3)o2)cc1)c1c(C)nn2ccc(C)nc12. The summed E-state index contributed by atoms with van der Waals surface area (Å²) in [5, 5.41) is 16.3. The smallest absolute Gasteiger partial charge is 0.247 e. The summed E-state index contributed by atoms with van der Waals surface area (Å²) < 4.78 is 7.95. The summed E-state index contributed by atoms with van der Waals surface area (Å²) in [4.78, 5) is 18.8. The molecule has 0 aliphatic carbocycles. The van der Waals surface area contributed by atoms with Crippen LogP contribution in [0.2, 0.25) is 0 Å². The van der Waals surface area contributed by atoms with Crippen molar-refractivity contribution in [3.63, 3.8) is 0 Å². The van der Waals surface area contributed by atoms with Crippen molar-refractivity contribution in [1.29, 1.82) is 0 Å². The van der Waals surface area contributed by atoms with Gasteiger partial charge in [-0.05, 0) is 63.9 Å². The summed E-state index contributed by atoms with van der Waals surface area (Å²) in [5.74, 6) is 1.70. The van der Waals surface area contributed by atoms with Crippen LogP contribution >= 0.6 is 0 Å². The minimum Gasteiger partial charge on any atom is -0.420 e. The number of rotatable bonds is 7. The van der Waals surface area contributed by atoms with Crippen LogP contribution in [0.25, 0.3) is 17.1 Å². The average Bonchev–Trinajstić information content (AvgIpc) is 3.50. The lowest BCUT2D eigenvalue weighted by Crippen LogP contribution is -2.41. The van der Waals surface area contributed by atoms with Crippen LogP contribution in [0.4, 0.5) is 0 Å². The molecule has 3 aromatic heterocycles. The van der Waals surface area contributed by atoms with Crippen molar-refractivity contribution in [1.82, 2.24) is 35.0 Å². The molecule has 0 bridgehead atoms. The fourth-order valence-corrected chi connectivity index (χ4v) is 5.17. The van der Waals surface area contributed by atoms with Crippen LogP contribution in [0.1, 0.15) is 66.4 Å². The van der Waals surface area contributed by atoms with Gasteiger partial charge in [-0.2, -0.15) is 5.10 Å². The Morgan fingerprint density at radius 3 is 2.58 bits per heavy atom. The Morgan fingerprint density at radius 2 is 1.89 bits per heavy atom. The number of likely N-dealkylation sites (N-methyl/N-ethyl adjacent to an activating group) is 1. The largest absolute Gasteiger partial charge is 0.420 e. The minimum absolute atomic E-state index is 0.137. The summed E-state index contributed by atoms with van der Waals surface area (Å²) in [6.45, 7) is 8.06. The van der Waals surface area contributed by atoms with Crippen molar-refractivity contribution < 1.29 is 9.21 Å². The number of fused-ring (bicyclic) bond motifs is 1. The lowest BCUT2D eigenvalue weighted by Gasteiger charge is -2.30. The highest BCUT2D eigenvalue weighted by Crippen LogP contribution is 2.34. The minimum atomic E-state index is 0.137. The molecule has 36 heavy (non-hydrogen) atoms. The van der Waals surface area contributed by atoms with Crippen molar-refractivity contribution >= 4 is 11.6 Å². The molecule has 1 atom stereocenters. The Labute approximate surface area is 210 Å². The predicted octanol–water partition coefficient (Wildman–Crippen LogP) is 3.86. The fourth-order valence-electron chi connectivity index (χ4n) is 5.17. The summed E-state index contributed by atoms with van der Waals surface area (Å²) >= 11 is 0. The number of amides is 1. The molecule has 9 heteroatoms. The molecule has 1 aliphatic heterocycles. The second-order valence-corrected chi connectivity index (χ2v) is 9.55. The molecule has 0 saturated carbocycles. The zero-order chi connectivity index (χ0) is 25.2. The van der Waals surface area contributed by atoms with Crippen molar-refractivity contribution in [2.45, 2.75) is 51.9 Å². The quantitative estimate of drug-likeness (QED) is 0.422. The maximum absolute atomic E-state index is 12.1. The first kappa shape index (κ1) is 24.1. The summed E-state index contributed by atoms with van der Waals surface area (Å²) in [6.07, 6.45) is 4.58. The van der Waals surface area contributed by atoms with Crippen LogP contribution in [0.5, 0.6) is 0 Å². The molecule has 4 aromatic rings. The Balaban J connectivity index is 1.32. The lowest BCUT2D eigenvalue weighted by atomic mass is 9.88. The number of aryl methyl sites for hydroxylation is 2. The van der Waals surface area contributed by atoms with Gasteiger partial charge in [0.15, 0.2) is 5.65 Å². The molecule has 4 heterocycles. The number of carbonyl (C=O) groups is 1. The number of hydrogen-bond acceptors (Lipinski definition) is 7. The van der Waals surface area contributed by atoms with E-state index in [1.165, 1.54) is 11.1 Å². The lowest BCUT2D eigenvalue weighted by molar-refractivity contribution is -0.131. The molecule has 1 amide bonds. The van der Waals surface area contributed by atoms with E-state index in [-0.39, 0.29) is 17.7 Å². The van der Waals surface area contributed by atoms with Gasteiger partial charge in [0.05, 0.1) is 12.2 Å². The van der Waals surface area contributed by atoms with Gasteiger partial charge < -0.3 is 14.6 Å². The number of carbonyl (C=O) groups excluding carboxylic acids is 1. The van der Waals surface area contributed by atoms with Gasteiger partial charge in [-0.1, -0.05) is 19.1 Å². The molecule has 5 rings (SSSR count). The Hall–Kier alpha value is -3.59. The van der Waals surface area contributed by atoms with E-state index in [1.54, 1.807) is 7.05 Å². The third-order valence-electron chi connectivity index (χ3n) is 7.13. The van der Waals surface area contributed by atoms with E-state index in [0.717, 1.165) is 41.9 Å². The molecule has 0 radical (unpaired) electrons. The zero-order valence-corrected chi connectivity index (χ0v) is 21.4. The summed E-state index contributed by atoms with van der Waals surface area (Å²) in [6, 6.07) is 10.3. The van der Waals surface area contributed by atoms with Gasteiger partial charge in [0, 0.05) is 47.9 Å². The second-order valence-electron chi connectivity index (χ2n) is 9.55. The van der Waals surface area contributed by atoms with E-state index < -0.39 is 0 Å². The molecule has 1 N–H and O–H groups in total. The van der Waals surface area contributed by atoms with Crippen LogP contribution in [0, 0.1) is 13.8 Å². The number of nitrogens with zero attached hydrogens (tertiary/aromatic N) is 6. The second kappa shape index (κ2) is 10.2. The van der Waals surface area contributed by atoms with Crippen molar-refractivity contribution in [3.8, 4) is 11.5 Å². The first-order valence-electron chi connectivity index (χ1n) is 12.7. The van der Waals surface area contributed by atoms with E-state index in [4.69, 9.17) is 9.40 Å². The highest BCUT2D eigenvalue weighted by Gasteiger charge is 2.27. The number of likely N-dealkylation sites (tertiary alicyclic amines) is 1. The van der Waals surface area contributed by atoms with Gasteiger partial charge in [-0.25, -0.2) is 9.50 Å². The predicted molar refractivity (Wildman–Crippen MR) is 137 cm³/mol. The van der Waals surface area contributed by atoms with Crippen LogP contribution in [0.3, 0.4) is 0 Å². The van der Waals surface area contributed by atoms with Gasteiger partial charge in [0.25, 0.3) is 0 Å². The van der Waals surface area contributed by atoms with Crippen molar-refractivity contribution in [2.24, 2.45) is 0 Å². The fraction of sp³-hybridized carbons (Fsp3) is 0.444. The molecule has 0 spiro atoms. The van der Waals surface area contributed by atoms with E-state index in [0.29, 0.717) is 31.4 Å². The van der Waals surface area contributed by atoms with Crippen LogP contribution in [-0.4, -0.2) is 62.3 Å². The normalized spacial score (nSPS) is 15.5. The highest BCUT2D eigenvalue weighted by molar-refractivity contribution is 5.78. The van der Waals surface area contributed by atoms with Crippen LogP contribution in [0.15, 0.2) is 40.9 Å². The third-order valence-corrected chi connectivity index (χ3v) is 7.13. The van der Waals surface area contributed by atoms with Gasteiger partial charge in [0.2, 0.25) is 17.7 Å². The van der Waals surface area contributed by atoms with Crippen molar-refractivity contribution in [3.05, 3.63) is 64.9 Å². The number of piperidine rings is 1. The van der Waals surface area contributed by atoms with E-state index in [2.05, 4.69) is 46.6 Å². The van der Waals surface area contributed by atoms with Gasteiger partial charge in [-0.15, -0.1) is 10.2 Å². The molecular weight excluding hydrogens is 454 g/mol. The Morgan fingerprint density at radius 1 is 1.14 bits per heavy atom. The summed E-state index contributed by atoms with van der Waals surface area (Å²) in [7, 11) is 1.79. The maximum Gasteiger partial charge on any atom is 0.247 e. The average molecular weight is 488 g/mol. The van der Waals surface area contributed by atoms with E-state index in [1.807, 2.05) is 40.7 Å². The number of nitrogens with one attached hydrogen (secondary N) is 1. The number of benzene rings is 1. The number of aromatic nitrogens is 5. The molecule has 1 saturated heterocycles. The molecule has 9 nitrogen and oxygen atoms in total. The van der Waals surface area contributed by atoms with Gasteiger partial charge in [-0.3, -0.25) is 4.79 Å². The monoisotopic (exact) mass is 487 g/mol. The molecular formula is C27H33N7O2. The maximum atomic E-state index is 12.1. The van der Waals surface area contributed by atoms with Crippen LogP contribution < -0.4 is 5.32 Å². The van der Waals surface area contributed by atoms with Crippen LogP contribution in [-0.2, 0) is 4.79 Å². The van der Waals surface area contributed by atoms with Gasteiger partial charge >= 0.3 is 0 Å². The first-order valence-corrected chi connectivity index (χ1v) is 12.7. The highest BCUT2D eigenvalue weighted by atomic mass is 16.4. The zero-order valence-electron chi connectivity index (χ0n) is 21.4. The Kier molecular flexibility index (Phi) is 6.82. The summed E-state index contributed by atoms with van der Waals surface area (Å²) in [5.41, 5.74) is 6.19. The van der Waals surface area contributed by atoms with Gasteiger partial charge in [0.1, 0.15) is 0 Å². The standard InChI is InChI=1S/C27H33N7O2/c1-5-22(24-18(3)32-34-15-10-17(2)29-25(24)34)19-6-8-20(9-7-19)26-30-31-27(36-26)21-11-13-33(14-12-21)23(35)16-28-4/h6-10,15,21-22,28H,5,11-14,16H2,1-4H3. The van der Waals surface area contributed by atoms with E-state index in [9.17, 15) is 4.79 Å². The Bertz CT molecular complexity index is 1350. The van der Waals surface area contributed by atoms with E-state index >= 15 is 0 Å². The number of hydrogen-bond donors (Lipinski definition) is 1. The molecule has 1 unspecified atom stereocenters. The third kappa shape index (κ3) is 4.63.